The Morgan fingerprint density at radius 3 is 2.45 bits per heavy atom. The van der Waals surface area contributed by atoms with Gasteiger partial charge in [-0.2, -0.15) is 0 Å². The maximum atomic E-state index is 6.24. The van der Waals surface area contributed by atoms with E-state index in [-0.39, 0.29) is 0 Å². The van der Waals surface area contributed by atoms with Crippen LogP contribution < -0.4 is 10.5 Å². The smallest absolute Gasteiger partial charge is 0.131 e. The van der Waals surface area contributed by atoms with Gasteiger partial charge in [0.25, 0.3) is 0 Å². The molecule has 3 rings (SSSR count). The molecule has 1 saturated carbocycles. The lowest BCUT2D eigenvalue weighted by Crippen LogP contribution is -2.05. The molecule has 0 saturated heterocycles. The van der Waals surface area contributed by atoms with Gasteiger partial charge in [-0.05, 0) is 37.1 Å². The first-order valence-corrected chi connectivity index (χ1v) is 7.17. The number of ether oxygens (including phenoxy) is 1. The fourth-order valence-electron chi connectivity index (χ4n) is 3.04. The second-order valence-electron chi connectivity index (χ2n) is 5.47. The van der Waals surface area contributed by atoms with Crippen LogP contribution in [-0.4, -0.2) is 16.7 Å². The van der Waals surface area contributed by atoms with Crippen LogP contribution in [0.25, 0.3) is 11.3 Å². The largest absolute Gasteiger partial charge is 0.497 e. The number of benzene rings is 1. The summed E-state index contributed by atoms with van der Waals surface area (Å²) in [6, 6.07) is 7.91. The Kier molecular flexibility index (Phi) is 3.38. The number of methoxy groups -OCH3 is 1. The highest BCUT2D eigenvalue weighted by molar-refractivity contribution is 5.71. The molecule has 0 amide bonds. The highest BCUT2D eigenvalue weighted by Gasteiger charge is 2.24. The molecule has 0 spiro atoms. The molecule has 2 aromatic rings. The second kappa shape index (κ2) is 5.19. The van der Waals surface area contributed by atoms with Gasteiger partial charge in [0.15, 0.2) is 0 Å². The molecule has 1 fully saturated rings. The number of rotatable bonds is 3. The van der Waals surface area contributed by atoms with Crippen molar-refractivity contribution in [2.75, 3.05) is 12.8 Å². The van der Waals surface area contributed by atoms with Gasteiger partial charge >= 0.3 is 0 Å². The summed E-state index contributed by atoms with van der Waals surface area (Å²) in [6.07, 6.45) is 5.06. The molecule has 1 aliphatic carbocycles. The van der Waals surface area contributed by atoms with E-state index in [1.54, 1.807) is 7.11 Å². The van der Waals surface area contributed by atoms with Crippen LogP contribution in [0, 0.1) is 0 Å². The second-order valence-corrected chi connectivity index (χ2v) is 5.47. The maximum Gasteiger partial charge on any atom is 0.131 e. The molecule has 2 N–H and O–H groups in total. The van der Waals surface area contributed by atoms with E-state index in [0.29, 0.717) is 5.92 Å². The van der Waals surface area contributed by atoms with Crippen molar-refractivity contribution < 1.29 is 4.74 Å². The van der Waals surface area contributed by atoms with Crippen molar-refractivity contribution in [3.05, 3.63) is 30.1 Å². The van der Waals surface area contributed by atoms with Crippen molar-refractivity contribution in [3.63, 3.8) is 0 Å². The highest BCUT2D eigenvalue weighted by atomic mass is 16.5. The van der Waals surface area contributed by atoms with Crippen molar-refractivity contribution in [1.29, 1.82) is 0 Å². The number of nitrogen functional groups attached to an aromatic ring is 1. The number of nitrogens with zero attached hydrogens (tertiary/aromatic N) is 2. The predicted molar refractivity (Wildman–Crippen MR) is 80.8 cm³/mol. The van der Waals surface area contributed by atoms with Crippen LogP contribution in [0.4, 0.5) is 5.82 Å². The summed E-state index contributed by atoms with van der Waals surface area (Å²) in [5.41, 5.74) is 8.17. The third-order valence-corrected chi connectivity index (χ3v) is 4.26. The zero-order valence-electron chi connectivity index (χ0n) is 12.1. The van der Waals surface area contributed by atoms with E-state index < -0.39 is 0 Å². The van der Waals surface area contributed by atoms with E-state index in [9.17, 15) is 0 Å². The fourth-order valence-corrected chi connectivity index (χ4v) is 3.04. The van der Waals surface area contributed by atoms with Crippen molar-refractivity contribution >= 4 is 5.82 Å². The van der Waals surface area contributed by atoms with Crippen LogP contribution in [0.15, 0.2) is 24.3 Å². The van der Waals surface area contributed by atoms with Gasteiger partial charge < -0.3 is 15.0 Å². The van der Waals surface area contributed by atoms with Gasteiger partial charge in [0, 0.05) is 18.5 Å². The monoisotopic (exact) mass is 271 g/mol. The van der Waals surface area contributed by atoms with Gasteiger partial charge in [-0.1, -0.05) is 12.8 Å². The van der Waals surface area contributed by atoms with Gasteiger partial charge in [0.1, 0.15) is 23.1 Å². The van der Waals surface area contributed by atoms with Gasteiger partial charge in [-0.3, -0.25) is 0 Å². The van der Waals surface area contributed by atoms with Crippen molar-refractivity contribution in [1.82, 2.24) is 9.55 Å². The van der Waals surface area contributed by atoms with E-state index in [4.69, 9.17) is 15.5 Å². The number of nitrogens with two attached hydrogens (primary N) is 1. The Hall–Kier alpha value is -1.97. The summed E-state index contributed by atoms with van der Waals surface area (Å²) >= 11 is 0. The lowest BCUT2D eigenvalue weighted by atomic mass is 10.1. The molecular weight excluding hydrogens is 250 g/mol. The number of imidazole rings is 1. The Morgan fingerprint density at radius 2 is 1.85 bits per heavy atom. The number of anilines is 1. The predicted octanol–water partition coefficient (Wildman–Crippen LogP) is 3.34. The van der Waals surface area contributed by atoms with Crippen LogP contribution in [0.3, 0.4) is 0 Å². The summed E-state index contributed by atoms with van der Waals surface area (Å²) in [6.45, 7) is 0. The average Bonchev–Trinajstić information content (AvgIpc) is 3.10. The maximum absolute atomic E-state index is 6.24. The molecule has 1 aromatic heterocycles. The fraction of sp³-hybridized carbons (Fsp3) is 0.438. The first-order chi connectivity index (χ1) is 9.70. The van der Waals surface area contributed by atoms with Crippen molar-refractivity contribution in [2.24, 2.45) is 7.05 Å². The minimum absolute atomic E-state index is 0.564. The molecule has 1 aromatic carbocycles. The van der Waals surface area contributed by atoms with Crippen LogP contribution in [0.5, 0.6) is 5.75 Å². The summed E-state index contributed by atoms with van der Waals surface area (Å²) in [5, 5.41) is 0. The zero-order chi connectivity index (χ0) is 14.1. The van der Waals surface area contributed by atoms with Gasteiger partial charge in [0.05, 0.1) is 7.11 Å². The van der Waals surface area contributed by atoms with Crippen LogP contribution in [0.2, 0.25) is 0 Å². The van der Waals surface area contributed by atoms with Crippen molar-refractivity contribution in [2.45, 2.75) is 31.6 Å². The molecule has 0 bridgehead atoms. The Bertz CT molecular complexity index is 595. The van der Waals surface area contributed by atoms with Crippen LogP contribution in [0.1, 0.15) is 37.4 Å². The molecule has 0 atom stereocenters. The topological polar surface area (TPSA) is 53.1 Å². The normalized spacial score (nSPS) is 15.7. The molecule has 0 unspecified atom stereocenters. The van der Waals surface area contributed by atoms with E-state index in [1.165, 1.54) is 25.7 Å². The van der Waals surface area contributed by atoms with Crippen LogP contribution >= 0.6 is 0 Å². The first kappa shape index (κ1) is 13.0. The minimum atomic E-state index is 0.564. The molecule has 4 nitrogen and oxygen atoms in total. The van der Waals surface area contributed by atoms with Gasteiger partial charge in [-0.15, -0.1) is 0 Å². The molecule has 1 heterocycles. The zero-order valence-corrected chi connectivity index (χ0v) is 12.1. The van der Waals surface area contributed by atoms with E-state index in [1.807, 2.05) is 31.3 Å². The Morgan fingerprint density at radius 1 is 1.20 bits per heavy atom. The van der Waals surface area contributed by atoms with E-state index >= 15 is 0 Å². The summed E-state index contributed by atoms with van der Waals surface area (Å²) in [5.74, 6) is 3.29. The third kappa shape index (κ3) is 2.15. The molecule has 0 radical (unpaired) electrons. The molecule has 1 aliphatic rings. The molecule has 20 heavy (non-hydrogen) atoms. The number of aromatic nitrogens is 2. The van der Waals surface area contributed by atoms with E-state index in [2.05, 4.69) is 4.57 Å². The Labute approximate surface area is 119 Å². The van der Waals surface area contributed by atoms with Crippen LogP contribution in [-0.2, 0) is 7.05 Å². The Balaban J connectivity index is 1.98. The lowest BCUT2D eigenvalue weighted by Gasteiger charge is -2.08. The average molecular weight is 271 g/mol. The summed E-state index contributed by atoms with van der Waals surface area (Å²) in [4.78, 5) is 4.81. The molecule has 0 aliphatic heterocycles. The lowest BCUT2D eigenvalue weighted by molar-refractivity contribution is 0.415. The number of hydrogen-bond donors (Lipinski definition) is 1. The van der Waals surface area contributed by atoms with Gasteiger partial charge in [0.2, 0.25) is 0 Å². The molecular formula is C16H21N3O. The third-order valence-electron chi connectivity index (χ3n) is 4.26. The van der Waals surface area contributed by atoms with Crippen molar-refractivity contribution in [3.8, 4) is 17.0 Å². The summed E-state index contributed by atoms with van der Waals surface area (Å²) in [7, 11) is 3.69. The molecule has 4 heteroatoms. The SMILES string of the molecule is COc1ccc(-c2nc(C3CCCC3)n(C)c2N)cc1. The quantitative estimate of drug-likeness (QED) is 0.931. The highest BCUT2D eigenvalue weighted by Crippen LogP contribution is 2.37. The molecule has 106 valence electrons. The summed E-state index contributed by atoms with van der Waals surface area (Å²) < 4.78 is 7.24. The standard InChI is InChI=1S/C16H21N3O/c1-19-15(17)14(11-7-9-13(20-2)10-8-11)18-16(19)12-5-3-4-6-12/h7-10,12H,3-6,17H2,1-2H3. The first-order valence-electron chi connectivity index (χ1n) is 7.17. The minimum Gasteiger partial charge on any atom is -0.497 e. The number of hydrogen-bond acceptors (Lipinski definition) is 3. The van der Waals surface area contributed by atoms with Gasteiger partial charge in [-0.25, -0.2) is 4.98 Å². The van der Waals surface area contributed by atoms with E-state index in [0.717, 1.165) is 28.6 Å².